The van der Waals surface area contributed by atoms with Gasteiger partial charge in [0, 0.05) is 0 Å². The predicted octanol–water partition coefficient (Wildman–Crippen LogP) is -0.0706. The van der Waals surface area contributed by atoms with Gasteiger partial charge in [-0.2, -0.15) is 0 Å². The van der Waals surface area contributed by atoms with Gasteiger partial charge in [-0.15, -0.1) is 0 Å². The van der Waals surface area contributed by atoms with Gasteiger partial charge in [-0.05, 0) is 20.8 Å². The molecular formula is C12H19NO6. The molecule has 7 nitrogen and oxygen atoms in total. The first kappa shape index (κ1) is 17.1. The van der Waals surface area contributed by atoms with Crippen molar-refractivity contribution in [2.75, 3.05) is 19.8 Å². The zero-order chi connectivity index (χ0) is 15.1. The number of ether oxygens (including phenoxy) is 3. The van der Waals surface area contributed by atoms with Crippen LogP contribution < -0.4 is 5.73 Å². The Hall–Kier alpha value is -1.89. The van der Waals surface area contributed by atoms with E-state index in [1.54, 1.807) is 6.92 Å². The van der Waals surface area contributed by atoms with Crippen LogP contribution in [0.15, 0.2) is 12.2 Å². The first-order chi connectivity index (χ1) is 8.85. The third kappa shape index (κ3) is 3.78. The zero-order valence-corrected chi connectivity index (χ0v) is 11.4. The summed E-state index contributed by atoms with van der Waals surface area (Å²) in [6, 6.07) is 0. The fourth-order valence-electron chi connectivity index (χ4n) is 1.20. The molecule has 0 aliphatic heterocycles. The fraction of sp³-hybridized carbons (Fsp3) is 0.583. The van der Waals surface area contributed by atoms with Crippen LogP contribution in [0, 0.1) is 0 Å². The number of nitrogens with two attached hydrogens (primary N) is 1. The Morgan fingerprint density at radius 1 is 0.947 bits per heavy atom. The number of esters is 3. The van der Waals surface area contributed by atoms with Gasteiger partial charge in [0.2, 0.25) is 5.54 Å². The van der Waals surface area contributed by atoms with Gasteiger partial charge in [0.05, 0.1) is 25.4 Å². The second-order valence-electron chi connectivity index (χ2n) is 3.45. The summed E-state index contributed by atoms with van der Waals surface area (Å²) < 4.78 is 14.1. The predicted molar refractivity (Wildman–Crippen MR) is 66.0 cm³/mol. The summed E-state index contributed by atoms with van der Waals surface area (Å²) in [5.74, 6) is -3.16. The van der Waals surface area contributed by atoms with Crippen LogP contribution in [0.4, 0.5) is 0 Å². The first-order valence-electron chi connectivity index (χ1n) is 5.85. The lowest BCUT2D eigenvalue weighted by atomic mass is 9.91. The molecule has 0 heterocycles. The van der Waals surface area contributed by atoms with Gasteiger partial charge in [-0.1, -0.05) is 6.58 Å². The molecule has 0 aromatic carbocycles. The second-order valence-corrected chi connectivity index (χ2v) is 3.45. The second kappa shape index (κ2) is 7.52. The van der Waals surface area contributed by atoms with Gasteiger partial charge >= 0.3 is 17.9 Å². The summed E-state index contributed by atoms with van der Waals surface area (Å²) in [7, 11) is 0. The number of hydrogen-bond donors (Lipinski definition) is 1. The van der Waals surface area contributed by atoms with Gasteiger partial charge in [0.1, 0.15) is 0 Å². The van der Waals surface area contributed by atoms with Crippen molar-refractivity contribution in [2.45, 2.75) is 26.3 Å². The van der Waals surface area contributed by atoms with E-state index in [0.717, 1.165) is 0 Å². The van der Waals surface area contributed by atoms with Gasteiger partial charge < -0.3 is 19.9 Å². The van der Waals surface area contributed by atoms with Crippen molar-refractivity contribution >= 4 is 17.9 Å². The van der Waals surface area contributed by atoms with Crippen molar-refractivity contribution in [3.8, 4) is 0 Å². The lowest BCUT2D eigenvalue weighted by Gasteiger charge is -2.25. The molecule has 0 aliphatic carbocycles. The summed E-state index contributed by atoms with van der Waals surface area (Å²) in [6.45, 7) is 8.04. The summed E-state index contributed by atoms with van der Waals surface area (Å²) in [4.78, 5) is 35.2. The zero-order valence-electron chi connectivity index (χ0n) is 11.4. The van der Waals surface area contributed by atoms with Crippen molar-refractivity contribution in [3.63, 3.8) is 0 Å². The maximum atomic E-state index is 11.8. The van der Waals surface area contributed by atoms with Gasteiger partial charge in [0.25, 0.3) is 0 Å². The van der Waals surface area contributed by atoms with Crippen LogP contribution in [0.5, 0.6) is 0 Å². The van der Waals surface area contributed by atoms with Gasteiger partial charge in [-0.3, -0.25) is 0 Å². The molecule has 2 N–H and O–H groups in total. The number of carbonyl (C=O) groups is 3. The third-order valence-corrected chi connectivity index (χ3v) is 2.19. The molecule has 0 spiro atoms. The van der Waals surface area contributed by atoms with E-state index in [2.05, 4.69) is 11.3 Å². The van der Waals surface area contributed by atoms with Crippen LogP contribution in [0.2, 0.25) is 0 Å². The fourth-order valence-corrected chi connectivity index (χ4v) is 1.20. The molecule has 0 aromatic rings. The average molecular weight is 273 g/mol. The molecule has 0 aliphatic rings. The monoisotopic (exact) mass is 273 g/mol. The Morgan fingerprint density at radius 3 is 1.63 bits per heavy atom. The molecule has 7 heteroatoms. The smallest absolute Gasteiger partial charge is 0.342 e. The molecule has 108 valence electrons. The Labute approximate surface area is 111 Å². The van der Waals surface area contributed by atoms with Crippen molar-refractivity contribution < 1.29 is 28.6 Å². The number of carbonyl (C=O) groups excluding carboxylic acids is 3. The normalized spacial score (nSPS) is 10.5. The van der Waals surface area contributed by atoms with Gasteiger partial charge in [0.15, 0.2) is 0 Å². The van der Waals surface area contributed by atoms with Crippen LogP contribution >= 0.6 is 0 Å². The van der Waals surface area contributed by atoms with E-state index in [-0.39, 0.29) is 19.8 Å². The molecule has 0 saturated carbocycles. The highest BCUT2D eigenvalue weighted by Crippen LogP contribution is 2.18. The summed E-state index contributed by atoms with van der Waals surface area (Å²) in [5, 5.41) is 0. The van der Waals surface area contributed by atoms with E-state index >= 15 is 0 Å². The highest BCUT2D eigenvalue weighted by atomic mass is 16.6. The summed E-state index contributed by atoms with van der Waals surface area (Å²) >= 11 is 0. The van der Waals surface area contributed by atoms with Crippen LogP contribution in [-0.2, 0) is 28.6 Å². The topological polar surface area (TPSA) is 105 Å². The summed E-state index contributed by atoms with van der Waals surface area (Å²) in [5.41, 5.74) is 2.77. The third-order valence-electron chi connectivity index (χ3n) is 2.19. The molecule has 0 saturated heterocycles. The molecule has 0 amide bonds. The van der Waals surface area contributed by atoms with E-state index in [9.17, 15) is 14.4 Å². The standard InChI is InChI=1S/C12H19NO6/c1-5-17-9(14)8(4)12(13,10(15)18-6-2)11(16)19-7-3/h4-7,13H2,1-3H3. The van der Waals surface area contributed by atoms with E-state index < -0.39 is 29.0 Å². The summed E-state index contributed by atoms with van der Waals surface area (Å²) in [6.07, 6.45) is 0. The SMILES string of the molecule is C=C(C(=O)OCC)C(N)(C(=O)OCC)C(=O)OCC. The van der Waals surface area contributed by atoms with Crippen molar-refractivity contribution in [1.82, 2.24) is 0 Å². The molecule has 0 unspecified atom stereocenters. The molecule has 0 atom stereocenters. The molecule has 0 bridgehead atoms. The van der Waals surface area contributed by atoms with Gasteiger partial charge in [-0.25, -0.2) is 14.4 Å². The van der Waals surface area contributed by atoms with Crippen LogP contribution in [0.3, 0.4) is 0 Å². The molecule has 0 radical (unpaired) electrons. The molecule has 0 aromatic heterocycles. The Kier molecular flexibility index (Phi) is 6.78. The maximum absolute atomic E-state index is 11.8. The molecule has 0 rings (SSSR count). The Balaban J connectivity index is 5.38. The van der Waals surface area contributed by atoms with Crippen molar-refractivity contribution in [2.24, 2.45) is 5.73 Å². The molecular weight excluding hydrogens is 254 g/mol. The van der Waals surface area contributed by atoms with E-state index in [0.29, 0.717) is 0 Å². The molecule has 19 heavy (non-hydrogen) atoms. The first-order valence-corrected chi connectivity index (χ1v) is 5.85. The minimum atomic E-state index is -2.39. The number of rotatable bonds is 7. The minimum absolute atomic E-state index is 0.00665. The molecule has 0 fully saturated rings. The van der Waals surface area contributed by atoms with Crippen molar-refractivity contribution in [1.29, 1.82) is 0 Å². The highest BCUT2D eigenvalue weighted by Gasteiger charge is 2.51. The maximum Gasteiger partial charge on any atom is 0.342 e. The van der Waals surface area contributed by atoms with Crippen LogP contribution in [0.1, 0.15) is 20.8 Å². The Morgan fingerprint density at radius 2 is 1.32 bits per heavy atom. The lowest BCUT2D eigenvalue weighted by Crippen LogP contribution is -2.59. The van der Waals surface area contributed by atoms with E-state index in [4.69, 9.17) is 15.2 Å². The van der Waals surface area contributed by atoms with E-state index in [1.165, 1.54) is 13.8 Å². The minimum Gasteiger partial charge on any atom is -0.464 e. The average Bonchev–Trinajstić information content (AvgIpc) is 2.37. The quantitative estimate of drug-likeness (QED) is 0.299. The Bertz CT molecular complexity index is 358. The largest absolute Gasteiger partial charge is 0.464 e. The lowest BCUT2D eigenvalue weighted by molar-refractivity contribution is -0.164. The van der Waals surface area contributed by atoms with Crippen LogP contribution in [0.25, 0.3) is 0 Å². The van der Waals surface area contributed by atoms with E-state index in [1.807, 2.05) is 0 Å². The van der Waals surface area contributed by atoms with Crippen molar-refractivity contribution in [3.05, 3.63) is 12.2 Å². The van der Waals surface area contributed by atoms with Crippen LogP contribution in [-0.4, -0.2) is 43.3 Å². The number of hydrogen-bond acceptors (Lipinski definition) is 7. The highest BCUT2D eigenvalue weighted by molar-refractivity contribution is 6.15.